The standard InChI is InChI=1S/C16H22O6/c1-5-21-15(18)12(16(19)22-10(2)3)8-11-6-7-13(17)14(9-11)20-4/h6-7,9-10,12,17H,5,8H2,1-4H3. The maximum absolute atomic E-state index is 12.1. The molecule has 6 nitrogen and oxygen atoms in total. The van der Waals surface area contributed by atoms with Crippen LogP contribution in [0.2, 0.25) is 0 Å². The molecule has 0 bridgehead atoms. The summed E-state index contributed by atoms with van der Waals surface area (Å²) >= 11 is 0. The maximum atomic E-state index is 12.1. The van der Waals surface area contributed by atoms with Gasteiger partial charge in [0.1, 0.15) is 0 Å². The van der Waals surface area contributed by atoms with Crippen molar-refractivity contribution in [2.24, 2.45) is 5.92 Å². The minimum atomic E-state index is -1.04. The Labute approximate surface area is 130 Å². The SMILES string of the molecule is CCOC(=O)C(Cc1ccc(O)c(OC)c1)C(=O)OC(C)C. The molecule has 22 heavy (non-hydrogen) atoms. The Kier molecular flexibility index (Phi) is 6.69. The molecule has 1 aromatic carbocycles. The molecular formula is C16H22O6. The molecular weight excluding hydrogens is 288 g/mol. The number of carbonyl (C=O) groups is 2. The van der Waals surface area contributed by atoms with Crippen LogP contribution in [0.1, 0.15) is 26.3 Å². The fourth-order valence-electron chi connectivity index (χ4n) is 1.90. The molecule has 0 saturated carbocycles. The first-order valence-electron chi connectivity index (χ1n) is 7.12. The maximum Gasteiger partial charge on any atom is 0.320 e. The number of phenolic OH excluding ortho intramolecular Hbond substituents is 1. The van der Waals surface area contributed by atoms with Crippen molar-refractivity contribution >= 4 is 11.9 Å². The molecule has 0 fully saturated rings. The van der Waals surface area contributed by atoms with Gasteiger partial charge in [-0.2, -0.15) is 0 Å². The Bertz CT molecular complexity index is 523. The van der Waals surface area contributed by atoms with Crippen LogP contribution < -0.4 is 4.74 Å². The van der Waals surface area contributed by atoms with Crippen LogP contribution in [0, 0.1) is 5.92 Å². The van der Waals surface area contributed by atoms with Crippen LogP contribution in [0.15, 0.2) is 18.2 Å². The molecule has 0 aliphatic heterocycles. The van der Waals surface area contributed by atoms with E-state index in [1.54, 1.807) is 32.9 Å². The lowest BCUT2D eigenvalue weighted by Crippen LogP contribution is -2.31. The van der Waals surface area contributed by atoms with Crippen LogP contribution in [0.5, 0.6) is 11.5 Å². The topological polar surface area (TPSA) is 82.1 Å². The summed E-state index contributed by atoms with van der Waals surface area (Å²) in [5, 5.41) is 9.58. The van der Waals surface area contributed by atoms with E-state index >= 15 is 0 Å². The van der Waals surface area contributed by atoms with Gasteiger partial charge in [0.2, 0.25) is 0 Å². The number of carbonyl (C=O) groups excluding carboxylic acids is 2. The third-order valence-electron chi connectivity index (χ3n) is 2.89. The zero-order chi connectivity index (χ0) is 16.7. The Morgan fingerprint density at radius 1 is 1.23 bits per heavy atom. The Morgan fingerprint density at radius 2 is 1.91 bits per heavy atom. The van der Waals surface area contributed by atoms with Gasteiger partial charge in [-0.3, -0.25) is 9.59 Å². The molecule has 0 amide bonds. The molecule has 0 heterocycles. The van der Waals surface area contributed by atoms with E-state index in [2.05, 4.69) is 0 Å². The lowest BCUT2D eigenvalue weighted by molar-refractivity contribution is -0.164. The zero-order valence-electron chi connectivity index (χ0n) is 13.3. The van der Waals surface area contributed by atoms with E-state index in [9.17, 15) is 14.7 Å². The first kappa shape index (κ1) is 17.8. The lowest BCUT2D eigenvalue weighted by Gasteiger charge is -2.17. The summed E-state index contributed by atoms with van der Waals surface area (Å²) in [7, 11) is 1.43. The molecule has 122 valence electrons. The summed E-state index contributed by atoms with van der Waals surface area (Å²) in [6.45, 7) is 5.28. The van der Waals surface area contributed by atoms with Gasteiger partial charge in [0.15, 0.2) is 17.4 Å². The first-order valence-corrected chi connectivity index (χ1v) is 7.12. The van der Waals surface area contributed by atoms with Crippen molar-refractivity contribution < 1.29 is 28.9 Å². The molecule has 1 aromatic rings. The molecule has 6 heteroatoms. The minimum Gasteiger partial charge on any atom is -0.504 e. The van der Waals surface area contributed by atoms with Gasteiger partial charge in [-0.1, -0.05) is 6.07 Å². The van der Waals surface area contributed by atoms with E-state index in [-0.39, 0.29) is 30.6 Å². The van der Waals surface area contributed by atoms with Crippen molar-refractivity contribution in [3.8, 4) is 11.5 Å². The van der Waals surface area contributed by atoms with Gasteiger partial charge >= 0.3 is 11.9 Å². The van der Waals surface area contributed by atoms with E-state index in [1.807, 2.05) is 0 Å². The zero-order valence-corrected chi connectivity index (χ0v) is 13.3. The van der Waals surface area contributed by atoms with Gasteiger partial charge in [0.05, 0.1) is 19.8 Å². The fraction of sp³-hybridized carbons (Fsp3) is 0.500. The molecule has 0 saturated heterocycles. The number of methoxy groups -OCH3 is 1. The number of phenols is 1. The second-order valence-electron chi connectivity index (χ2n) is 5.00. The molecule has 0 aromatic heterocycles. The van der Waals surface area contributed by atoms with Gasteiger partial charge in [-0.05, 0) is 44.9 Å². The number of hydrogen-bond acceptors (Lipinski definition) is 6. The van der Waals surface area contributed by atoms with Gasteiger partial charge in [-0.25, -0.2) is 0 Å². The van der Waals surface area contributed by atoms with Gasteiger partial charge in [0, 0.05) is 0 Å². The third kappa shape index (κ3) is 4.95. The summed E-state index contributed by atoms with van der Waals surface area (Å²) in [5.74, 6) is -2.03. The van der Waals surface area contributed by atoms with Crippen LogP contribution in [-0.4, -0.2) is 36.9 Å². The number of rotatable bonds is 7. The average Bonchev–Trinajstić information content (AvgIpc) is 2.45. The first-order chi connectivity index (χ1) is 10.4. The Balaban J connectivity index is 2.97. The number of benzene rings is 1. The largest absolute Gasteiger partial charge is 0.504 e. The lowest BCUT2D eigenvalue weighted by atomic mass is 9.99. The van der Waals surface area contributed by atoms with Crippen molar-refractivity contribution in [1.29, 1.82) is 0 Å². The van der Waals surface area contributed by atoms with Crippen molar-refractivity contribution in [2.45, 2.75) is 33.3 Å². The number of hydrogen-bond donors (Lipinski definition) is 1. The van der Waals surface area contributed by atoms with Crippen molar-refractivity contribution in [1.82, 2.24) is 0 Å². The highest BCUT2D eigenvalue weighted by Gasteiger charge is 2.30. The molecule has 1 N–H and O–H groups in total. The van der Waals surface area contributed by atoms with Crippen LogP contribution in [0.3, 0.4) is 0 Å². The number of esters is 2. The highest BCUT2D eigenvalue weighted by atomic mass is 16.6. The predicted molar refractivity (Wildman–Crippen MR) is 79.7 cm³/mol. The molecule has 1 atom stereocenters. The summed E-state index contributed by atoms with van der Waals surface area (Å²) < 4.78 is 15.1. The fourth-order valence-corrected chi connectivity index (χ4v) is 1.90. The van der Waals surface area contributed by atoms with Crippen LogP contribution in [0.4, 0.5) is 0 Å². The summed E-state index contributed by atoms with van der Waals surface area (Å²) in [5.41, 5.74) is 0.661. The minimum absolute atomic E-state index is 0.0105. The Hall–Kier alpha value is -2.24. The molecule has 0 aliphatic rings. The molecule has 0 radical (unpaired) electrons. The van der Waals surface area contributed by atoms with Gasteiger partial charge in [-0.15, -0.1) is 0 Å². The van der Waals surface area contributed by atoms with Crippen LogP contribution in [0.25, 0.3) is 0 Å². The monoisotopic (exact) mass is 310 g/mol. The quantitative estimate of drug-likeness (QED) is 0.613. The predicted octanol–water partition coefficient (Wildman–Crippen LogP) is 2.07. The summed E-state index contributed by atoms with van der Waals surface area (Å²) in [6, 6.07) is 4.64. The third-order valence-corrected chi connectivity index (χ3v) is 2.89. The molecule has 1 rings (SSSR count). The summed E-state index contributed by atoms with van der Waals surface area (Å²) in [6.07, 6.45) is -0.208. The number of ether oxygens (including phenoxy) is 3. The van der Waals surface area contributed by atoms with Gasteiger partial charge in [0.25, 0.3) is 0 Å². The van der Waals surface area contributed by atoms with Crippen LogP contribution >= 0.6 is 0 Å². The molecule has 1 unspecified atom stereocenters. The van der Waals surface area contributed by atoms with E-state index in [1.165, 1.54) is 13.2 Å². The second kappa shape index (κ2) is 8.26. The van der Waals surface area contributed by atoms with Crippen LogP contribution in [-0.2, 0) is 25.5 Å². The highest BCUT2D eigenvalue weighted by molar-refractivity contribution is 5.95. The van der Waals surface area contributed by atoms with Crippen molar-refractivity contribution in [2.75, 3.05) is 13.7 Å². The average molecular weight is 310 g/mol. The Morgan fingerprint density at radius 3 is 2.45 bits per heavy atom. The molecule has 0 aliphatic carbocycles. The van der Waals surface area contributed by atoms with E-state index in [0.717, 1.165) is 0 Å². The smallest absolute Gasteiger partial charge is 0.320 e. The van der Waals surface area contributed by atoms with E-state index in [4.69, 9.17) is 14.2 Å². The van der Waals surface area contributed by atoms with E-state index < -0.39 is 17.9 Å². The normalized spacial score (nSPS) is 11.9. The van der Waals surface area contributed by atoms with Crippen molar-refractivity contribution in [3.63, 3.8) is 0 Å². The molecule has 0 spiro atoms. The van der Waals surface area contributed by atoms with Crippen molar-refractivity contribution in [3.05, 3.63) is 23.8 Å². The highest BCUT2D eigenvalue weighted by Crippen LogP contribution is 2.27. The summed E-state index contributed by atoms with van der Waals surface area (Å²) in [4.78, 5) is 24.1. The second-order valence-corrected chi connectivity index (χ2v) is 5.00. The number of aromatic hydroxyl groups is 1. The van der Waals surface area contributed by atoms with E-state index in [0.29, 0.717) is 5.56 Å². The van der Waals surface area contributed by atoms with Gasteiger partial charge < -0.3 is 19.3 Å².